The van der Waals surface area contributed by atoms with E-state index in [1.807, 2.05) is 7.05 Å². The number of aromatic nitrogens is 1. The molecule has 0 bridgehead atoms. The number of hydrazine groups is 1. The van der Waals surface area contributed by atoms with Crippen LogP contribution in [0.3, 0.4) is 0 Å². The van der Waals surface area contributed by atoms with Crippen molar-refractivity contribution in [3.63, 3.8) is 0 Å². The molecule has 6 heteroatoms. The van der Waals surface area contributed by atoms with Gasteiger partial charge in [-0.15, -0.1) is 0 Å². The molecule has 104 valence electrons. The highest BCUT2D eigenvalue weighted by atomic mass is 16.2. The maximum Gasteiger partial charge on any atom is 0.272 e. The molecule has 1 saturated heterocycles. The molecule has 19 heavy (non-hydrogen) atoms. The lowest BCUT2D eigenvalue weighted by atomic mass is 10.1. The number of amides is 1. The number of hydrogen-bond donors (Lipinski definition) is 2. The smallest absolute Gasteiger partial charge is 0.272 e. The normalized spacial score (nSPS) is 19.4. The summed E-state index contributed by atoms with van der Waals surface area (Å²) in [4.78, 5) is 20.4. The van der Waals surface area contributed by atoms with Gasteiger partial charge in [0.25, 0.3) is 5.91 Å². The summed E-state index contributed by atoms with van der Waals surface area (Å²) in [7, 11) is 3.94. The number of likely N-dealkylation sites (tertiary alicyclic amines) is 1. The van der Waals surface area contributed by atoms with Crippen molar-refractivity contribution in [2.75, 3.05) is 39.2 Å². The molecule has 0 spiro atoms. The molecule has 2 rings (SSSR count). The van der Waals surface area contributed by atoms with E-state index in [4.69, 9.17) is 5.84 Å². The van der Waals surface area contributed by atoms with Gasteiger partial charge in [0, 0.05) is 26.3 Å². The monoisotopic (exact) mass is 263 g/mol. The quantitative estimate of drug-likeness (QED) is 0.607. The second-order valence-corrected chi connectivity index (χ2v) is 5.18. The summed E-state index contributed by atoms with van der Waals surface area (Å²) in [6.07, 6.45) is 2.73. The number of nitrogen functional groups attached to an aromatic ring is 1. The number of pyridine rings is 1. The first-order chi connectivity index (χ1) is 9.10. The Morgan fingerprint density at radius 3 is 3.11 bits per heavy atom. The average molecular weight is 263 g/mol. The first-order valence-electron chi connectivity index (χ1n) is 6.47. The molecule has 1 amide bonds. The number of nitrogens with two attached hydrogens (primary N) is 1. The van der Waals surface area contributed by atoms with Gasteiger partial charge >= 0.3 is 0 Å². The molecular formula is C13H21N5O. The third-order valence-electron chi connectivity index (χ3n) is 3.51. The lowest BCUT2D eigenvalue weighted by Gasteiger charge is -2.21. The third kappa shape index (κ3) is 3.42. The van der Waals surface area contributed by atoms with Crippen LogP contribution in [0.5, 0.6) is 0 Å². The zero-order valence-corrected chi connectivity index (χ0v) is 11.5. The van der Waals surface area contributed by atoms with Gasteiger partial charge in [-0.05, 0) is 38.1 Å². The summed E-state index contributed by atoms with van der Waals surface area (Å²) in [5, 5.41) is 0. The molecule has 2 heterocycles. The molecule has 6 nitrogen and oxygen atoms in total. The largest absolute Gasteiger partial charge is 0.340 e. The van der Waals surface area contributed by atoms with E-state index in [0.29, 0.717) is 17.3 Å². The number of carbonyl (C=O) groups is 1. The first kappa shape index (κ1) is 13.8. The Kier molecular flexibility index (Phi) is 4.34. The van der Waals surface area contributed by atoms with Gasteiger partial charge in [-0.25, -0.2) is 0 Å². The Bertz CT molecular complexity index is 450. The van der Waals surface area contributed by atoms with Crippen LogP contribution in [0, 0.1) is 5.92 Å². The Balaban J connectivity index is 1.98. The third-order valence-corrected chi connectivity index (χ3v) is 3.51. The van der Waals surface area contributed by atoms with Crippen LogP contribution in [-0.2, 0) is 0 Å². The van der Waals surface area contributed by atoms with E-state index >= 15 is 0 Å². The van der Waals surface area contributed by atoms with Gasteiger partial charge in [0.05, 0.1) is 5.69 Å². The second-order valence-electron chi connectivity index (χ2n) is 5.18. The minimum absolute atomic E-state index is 0.0633. The highest BCUT2D eigenvalue weighted by molar-refractivity contribution is 5.92. The molecule has 1 aromatic heterocycles. The van der Waals surface area contributed by atoms with Crippen molar-refractivity contribution in [2.24, 2.45) is 11.8 Å². The molecule has 1 atom stereocenters. The summed E-state index contributed by atoms with van der Waals surface area (Å²) in [6.45, 7) is 2.93. The minimum Gasteiger partial charge on any atom is -0.340 e. The van der Waals surface area contributed by atoms with Gasteiger partial charge in [0.1, 0.15) is 5.69 Å². The fraction of sp³-hybridized carbons (Fsp3) is 0.538. The molecule has 1 aromatic rings. The maximum atomic E-state index is 12.3. The van der Waals surface area contributed by atoms with Gasteiger partial charge < -0.3 is 15.2 Å². The lowest BCUT2D eigenvalue weighted by Crippen LogP contribution is -2.33. The van der Waals surface area contributed by atoms with Crippen LogP contribution in [0.25, 0.3) is 0 Å². The zero-order valence-electron chi connectivity index (χ0n) is 11.5. The molecule has 1 unspecified atom stereocenters. The molecular weight excluding hydrogens is 242 g/mol. The Morgan fingerprint density at radius 2 is 2.47 bits per heavy atom. The van der Waals surface area contributed by atoms with Gasteiger partial charge in [-0.1, -0.05) is 0 Å². The molecule has 0 radical (unpaired) electrons. The molecule has 0 aliphatic carbocycles. The predicted molar refractivity (Wildman–Crippen MR) is 74.6 cm³/mol. The van der Waals surface area contributed by atoms with Crippen LogP contribution >= 0.6 is 0 Å². The highest BCUT2D eigenvalue weighted by Gasteiger charge is 2.23. The van der Waals surface area contributed by atoms with E-state index in [0.717, 1.165) is 26.1 Å². The summed E-state index contributed by atoms with van der Waals surface area (Å²) in [5.74, 6) is 5.82. The molecule has 0 saturated carbocycles. The Labute approximate surface area is 113 Å². The van der Waals surface area contributed by atoms with Crippen LogP contribution in [0.1, 0.15) is 16.9 Å². The van der Waals surface area contributed by atoms with Crippen LogP contribution < -0.4 is 11.3 Å². The first-order valence-corrected chi connectivity index (χ1v) is 6.47. The van der Waals surface area contributed by atoms with Gasteiger partial charge in [-0.3, -0.25) is 15.6 Å². The summed E-state index contributed by atoms with van der Waals surface area (Å²) in [6, 6.07) is 3.39. The number of anilines is 1. The maximum absolute atomic E-state index is 12.3. The summed E-state index contributed by atoms with van der Waals surface area (Å²) < 4.78 is 0. The minimum atomic E-state index is -0.0633. The van der Waals surface area contributed by atoms with E-state index in [1.54, 1.807) is 23.2 Å². The molecule has 1 aliphatic heterocycles. The van der Waals surface area contributed by atoms with Crippen molar-refractivity contribution in [1.29, 1.82) is 0 Å². The van der Waals surface area contributed by atoms with Crippen LogP contribution in [0.4, 0.5) is 5.69 Å². The SMILES string of the molecule is CN1CCC(CN(C)C(=O)c2cc(NN)ccn2)C1. The fourth-order valence-electron chi connectivity index (χ4n) is 2.48. The Hall–Kier alpha value is -1.66. The predicted octanol–water partition coefficient (Wildman–Crippen LogP) is 0.391. The highest BCUT2D eigenvalue weighted by Crippen LogP contribution is 2.16. The average Bonchev–Trinajstić information content (AvgIpc) is 2.83. The summed E-state index contributed by atoms with van der Waals surface area (Å²) >= 11 is 0. The van der Waals surface area contributed by atoms with E-state index in [1.165, 1.54) is 0 Å². The van der Waals surface area contributed by atoms with E-state index < -0.39 is 0 Å². The molecule has 3 N–H and O–H groups in total. The summed E-state index contributed by atoms with van der Waals surface area (Å²) in [5.41, 5.74) is 3.63. The van der Waals surface area contributed by atoms with Crippen molar-refractivity contribution in [2.45, 2.75) is 6.42 Å². The Morgan fingerprint density at radius 1 is 1.68 bits per heavy atom. The number of rotatable bonds is 4. The van der Waals surface area contributed by atoms with Crippen LogP contribution in [0.2, 0.25) is 0 Å². The van der Waals surface area contributed by atoms with E-state index in [2.05, 4.69) is 22.4 Å². The lowest BCUT2D eigenvalue weighted by molar-refractivity contribution is 0.0768. The second kappa shape index (κ2) is 5.99. The van der Waals surface area contributed by atoms with Crippen molar-refractivity contribution >= 4 is 11.6 Å². The fourth-order valence-corrected chi connectivity index (χ4v) is 2.48. The zero-order chi connectivity index (χ0) is 13.8. The van der Waals surface area contributed by atoms with Crippen molar-refractivity contribution < 1.29 is 4.79 Å². The van der Waals surface area contributed by atoms with Crippen LogP contribution in [-0.4, -0.2) is 54.4 Å². The van der Waals surface area contributed by atoms with E-state index in [-0.39, 0.29) is 5.91 Å². The number of nitrogens with one attached hydrogen (secondary N) is 1. The van der Waals surface area contributed by atoms with Gasteiger partial charge in [0.2, 0.25) is 0 Å². The topological polar surface area (TPSA) is 74.5 Å². The van der Waals surface area contributed by atoms with Gasteiger partial charge in [-0.2, -0.15) is 0 Å². The number of hydrogen-bond acceptors (Lipinski definition) is 5. The van der Waals surface area contributed by atoms with Gasteiger partial charge in [0.15, 0.2) is 0 Å². The van der Waals surface area contributed by atoms with E-state index in [9.17, 15) is 4.79 Å². The molecule has 0 aromatic carbocycles. The van der Waals surface area contributed by atoms with Crippen molar-refractivity contribution in [1.82, 2.24) is 14.8 Å². The van der Waals surface area contributed by atoms with Crippen LogP contribution in [0.15, 0.2) is 18.3 Å². The molecule has 1 fully saturated rings. The number of carbonyl (C=O) groups excluding carboxylic acids is 1. The van der Waals surface area contributed by atoms with Crippen molar-refractivity contribution in [3.05, 3.63) is 24.0 Å². The van der Waals surface area contributed by atoms with Crippen molar-refractivity contribution in [3.8, 4) is 0 Å². The molecule has 1 aliphatic rings. The standard InChI is InChI=1S/C13H21N5O/c1-17-6-4-10(8-17)9-18(2)13(19)12-7-11(16-14)3-5-15-12/h3,5,7,10H,4,6,8-9,14H2,1-2H3,(H,15,16). The number of nitrogens with zero attached hydrogens (tertiary/aromatic N) is 3.